The Balaban J connectivity index is 2.03. The molecule has 0 saturated heterocycles. The van der Waals surface area contributed by atoms with Crippen molar-refractivity contribution in [2.24, 2.45) is 5.73 Å². The molecule has 2 heteroatoms. The maximum absolute atomic E-state index is 6.19. The van der Waals surface area contributed by atoms with Crippen LogP contribution in [0.15, 0.2) is 48.5 Å². The van der Waals surface area contributed by atoms with Crippen LogP contribution in [-0.4, -0.2) is 6.61 Å². The number of ether oxygens (including phenoxy) is 1. The van der Waals surface area contributed by atoms with Crippen LogP contribution >= 0.6 is 0 Å². The number of hydrogen-bond donors (Lipinski definition) is 1. The van der Waals surface area contributed by atoms with Gasteiger partial charge in [0.2, 0.25) is 0 Å². The van der Waals surface area contributed by atoms with E-state index in [0.717, 1.165) is 11.3 Å². The van der Waals surface area contributed by atoms with Crippen molar-refractivity contribution in [3.8, 4) is 5.75 Å². The second-order valence-electron chi connectivity index (χ2n) is 5.52. The fourth-order valence-corrected chi connectivity index (χ4v) is 2.18. The third-order valence-electron chi connectivity index (χ3n) is 3.46. The first kappa shape index (κ1) is 14.6. The summed E-state index contributed by atoms with van der Waals surface area (Å²) in [6.45, 7) is 6.90. The molecule has 0 aromatic heterocycles. The highest BCUT2D eigenvalue weighted by atomic mass is 16.5. The smallest absolute Gasteiger partial charge is 0.122 e. The normalized spacial score (nSPS) is 12.4. The molecule has 2 nitrogen and oxygen atoms in total. The van der Waals surface area contributed by atoms with Gasteiger partial charge in [-0.05, 0) is 30.0 Å². The molecule has 0 spiro atoms. The van der Waals surface area contributed by atoms with E-state index in [9.17, 15) is 0 Å². The summed E-state index contributed by atoms with van der Waals surface area (Å²) in [5.74, 6) is 1.38. The first-order chi connectivity index (χ1) is 9.58. The van der Waals surface area contributed by atoms with E-state index in [4.69, 9.17) is 10.5 Å². The molecular weight excluding hydrogens is 246 g/mol. The second-order valence-corrected chi connectivity index (χ2v) is 5.52. The molecule has 0 amide bonds. The molecule has 2 aromatic rings. The first-order valence-electron chi connectivity index (χ1n) is 7.12. The summed E-state index contributed by atoms with van der Waals surface area (Å²) in [5, 5.41) is 0. The highest BCUT2D eigenvalue weighted by Gasteiger charge is 2.10. The van der Waals surface area contributed by atoms with Gasteiger partial charge in [-0.1, -0.05) is 61.9 Å². The molecule has 1 unspecified atom stereocenters. The zero-order valence-electron chi connectivity index (χ0n) is 12.5. The van der Waals surface area contributed by atoms with Crippen LogP contribution in [0.5, 0.6) is 5.75 Å². The molecular formula is C18H23NO. The van der Waals surface area contributed by atoms with Crippen LogP contribution in [0.25, 0.3) is 0 Å². The SMILES string of the molecule is Cc1ccc(C(N)COc2ccccc2C(C)C)cc1. The van der Waals surface area contributed by atoms with Gasteiger partial charge in [0.1, 0.15) is 12.4 Å². The van der Waals surface area contributed by atoms with Crippen LogP contribution in [0.1, 0.15) is 42.5 Å². The van der Waals surface area contributed by atoms with Crippen molar-refractivity contribution in [3.05, 3.63) is 65.2 Å². The van der Waals surface area contributed by atoms with Gasteiger partial charge in [0.25, 0.3) is 0 Å². The van der Waals surface area contributed by atoms with Gasteiger partial charge >= 0.3 is 0 Å². The average molecular weight is 269 g/mol. The molecule has 2 aromatic carbocycles. The van der Waals surface area contributed by atoms with Crippen molar-refractivity contribution in [1.82, 2.24) is 0 Å². The minimum Gasteiger partial charge on any atom is -0.491 e. The van der Waals surface area contributed by atoms with Gasteiger partial charge in [0.15, 0.2) is 0 Å². The Kier molecular flexibility index (Phi) is 4.80. The molecule has 106 valence electrons. The summed E-state index contributed by atoms with van der Waals surface area (Å²) in [4.78, 5) is 0. The van der Waals surface area contributed by atoms with E-state index in [0.29, 0.717) is 12.5 Å². The molecule has 1 atom stereocenters. The number of hydrogen-bond acceptors (Lipinski definition) is 2. The first-order valence-corrected chi connectivity index (χ1v) is 7.12. The largest absolute Gasteiger partial charge is 0.491 e. The van der Waals surface area contributed by atoms with Crippen molar-refractivity contribution >= 4 is 0 Å². The second kappa shape index (κ2) is 6.58. The lowest BCUT2D eigenvalue weighted by atomic mass is 10.0. The molecule has 0 aliphatic carbocycles. The van der Waals surface area contributed by atoms with Crippen LogP contribution in [0, 0.1) is 6.92 Å². The molecule has 0 heterocycles. The van der Waals surface area contributed by atoms with Crippen molar-refractivity contribution in [1.29, 1.82) is 0 Å². The molecule has 0 bridgehead atoms. The third-order valence-corrected chi connectivity index (χ3v) is 3.46. The van der Waals surface area contributed by atoms with Gasteiger partial charge in [-0.25, -0.2) is 0 Å². The molecule has 20 heavy (non-hydrogen) atoms. The zero-order chi connectivity index (χ0) is 14.5. The Morgan fingerprint density at radius 2 is 1.65 bits per heavy atom. The molecule has 0 aliphatic rings. The number of benzene rings is 2. The summed E-state index contributed by atoms with van der Waals surface area (Å²) < 4.78 is 5.92. The fourth-order valence-electron chi connectivity index (χ4n) is 2.18. The molecule has 0 saturated carbocycles. The Morgan fingerprint density at radius 1 is 1.00 bits per heavy atom. The highest BCUT2D eigenvalue weighted by molar-refractivity contribution is 5.35. The molecule has 0 fully saturated rings. The summed E-state index contributed by atoms with van der Waals surface area (Å²) >= 11 is 0. The highest BCUT2D eigenvalue weighted by Crippen LogP contribution is 2.26. The van der Waals surface area contributed by atoms with E-state index < -0.39 is 0 Å². The van der Waals surface area contributed by atoms with E-state index in [1.165, 1.54) is 11.1 Å². The van der Waals surface area contributed by atoms with Gasteiger partial charge in [0, 0.05) is 0 Å². The molecule has 2 rings (SSSR count). The Bertz CT molecular complexity index is 546. The Hall–Kier alpha value is -1.80. The van der Waals surface area contributed by atoms with Gasteiger partial charge in [0.05, 0.1) is 6.04 Å². The van der Waals surface area contributed by atoms with E-state index in [1.807, 2.05) is 18.2 Å². The lowest BCUT2D eigenvalue weighted by Gasteiger charge is -2.17. The number of para-hydroxylation sites is 1. The quantitative estimate of drug-likeness (QED) is 0.883. The van der Waals surface area contributed by atoms with Crippen LogP contribution < -0.4 is 10.5 Å². The van der Waals surface area contributed by atoms with E-state index in [1.54, 1.807) is 0 Å². The number of nitrogens with two attached hydrogens (primary N) is 1. The number of rotatable bonds is 5. The lowest BCUT2D eigenvalue weighted by Crippen LogP contribution is -2.19. The number of aryl methyl sites for hydroxylation is 1. The van der Waals surface area contributed by atoms with E-state index in [2.05, 4.69) is 51.1 Å². The molecule has 0 radical (unpaired) electrons. The third kappa shape index (κ3) is 3.61. The minimum atomic E-state index is -0.101. The van der Waals surface area contributed by atoms with Crippen LogP contribution in [0.2, 0.25) is 0 Å². The van der Waals surface area contributed by atoms with Crippen molar-refractivity contribution in [2.45, 2.75) is 32.7 Å². The topological polar surface area (TPSA) is 35.2 Å². The van der Waals surface area contributed by atoms with Gasteiger partial charge in [-0.2, -0.15) is 0 Å². The van der Waals surface area contributed by atoms with Gasteiger partial charge in [-0.15, -0.1) is 0 Å². The van der Waals surface area contributed by atoms with Crippen LogP contribution in [0.3, 0.4) is 0 Å². The summed E-state index contributed by atoms with van der Waals surface area (Å²) in [6, 6.07) is 16.4. The molecule has 2 N–H and O–H groups in total. The predicted octanol–water partition coefficient (Wildman–Crippen LogP) is 4.20. The van der Waals surface area contributed by atoms with E-state index in [-0.39, 0.29) is 6.04 Å². The Morgan fingerprint density at radius 3 is 2.30 bits per heavy atom. The standard InChI is InChI=1S/C18H23NO/c1-13(2)16-6-4-5-7-18(16)20-12-17(19)15-10-8-14(3)9-11-15/h4-11,13,17H,12,19H2,1-3H3. The summed E-state index contributed by atoms with van der Waals surface area (Å²) in [7, 11) is 0. The predicted molar refractivity (Wildman–Crippen MR) is 84.1 cm³/mol. The van der Waals surface area contributed by atoms with Crippen molar-refractivity contribution in [2.75, 3.05) is 6.61 Å². The summed E-state index contributed by atoms with van der Waals surface area (Å²) in [6.07, 6.45) is 0. The maximum Gasteiger partial charge on any atom is 0.122 e. The Labute approximate surface area is 121 Å². The summed E-state index contributed by atoms with van der Waals surface area (Å²) in [5.41, 5.74) is 9.77. The van der Waals surface area contributed by atoms with Crippen molar-refractivity contribution in [3.63, 3.8) is 0 Å². The monoisotopic (exact) mass is 269 g/mol. The van der Waals surface area contributed by atoms with Crippen molar-refractivity contribution < 1.29 is 4.74 Å². The molecule has 0 aliphatic heterocycles. The van der Waals surface area contributed by atoms with Gasteiger partial charge < -0.3 is 10.5 Å². The van der Waals surface area contributed by atoms with E-state index >= 15 is 0 Å². The lowest BCUT2D eigenvalue weighted by molar-refractivity contribution is 0.287. The zero-order valence-corrected chi connectivity index (χ0v) is 12.5. The van der Waals surface area contributed by atoms with Gasteiger partial charge in [-0.3, -0.25) is 0 Å². The fraction of sp³-hybridized carbons (Fsp3) is 0.333. The van der Waals surface area contributed by atoms with Crippen LogP contribution in [-0.2, 0) is 0 Å². The minimum absolute atomic E-state index is 0.101. The average Bonchev–Trinajstić information content (AvgIpc) is 2.45. The van der Waals surface area contributed by atoms with Crippen LogP contribution in [0.4, 0.5) is 0 Å². The maximum atomic E-state index is 6.19.